The van der Waals surface area contributed by atoms with Gasteiger partial charge in [0.2, 0.25) is 0 Å². The van der Waals surface area contributed by atoms with Crippen LogP contribution in [0.15, 0.2) is 48.5 Å². The maximum atomic E-state index is 8.76. The molecule has 0 bridgehead atoms. The van der Waals surface area contributed by atoms with Gasteiger partial charge < -0.3 is 0 Å². The summed E-state index contributed by atoms with van der Waals surface area (Å²) in [7, 11) is 0. The molecule has 0 aliphatic rings. The summed E-state index contributed by atoms with van der Waals surface area (Å²) in [6, 6.07) is 20.0. The first-order valence-electron chi connectivity index (χ1n) is 7.80. The van der Waals surface area contributed by atoms with Crippen molar-refractivity contribution in [3.05, 3.63) is 70.8 Å². The zero-order valence-electron chi connectivity index (χ0n) is 12.8. The minimum Gasteiger partial charge on any atom is -0.192 e. The third kappa shape index (κ3) is 5.08. The number of nitriles is 2. The fourth-order valence-corrected chi connectivity index (χ4v) is 2.50. The largest absolute Gasteiger partial charge is 0.192 e. The predicted octanol–water partition coefficient (Wildman–Crippen LogP) is 4.78. The topological polar surface area (TPSA) is 47.6 Å². The lowest BCUT2D eigenvalue weighted by atomic mass is 10.0. The third-order valence-electron chi connectivity index (χ3n) is 3.85. The summed E-state index contributed by atoms with van der Waals surface area (Å²) in [6.45, 7) is 0. The van der Waals surface area contributed by atoms with Crippen LogP contribution in [0.4, 0.5) is 0 Å². The highest BCUT2D eigenvalue weighted by Crippen LogP contribution is 2.12. The van der Waals surface area contributed by atoms with Gasteiger partial charge in [0.15, 0.2) is 0 Å². The first kappa shape index (κ1) is 15.8. The molecular formula is C20H20N2. The summed E-state index contributed by atoms with van der Waals surface area (Å²) in [6.07, 6.45) is 7.02. The quantitative estimate of drug-likeness (QED) is 0.689. The van der Waals surface area contributed by atoms with E-state index < -0.39 is 0 Å². The Morgan fingerprint density at radius 3 is 1.23 bits per heavy atom. The number of benzene rings is 2. The monoisotopic (exact) mass is 288 g/mol. The molecule has 0 amide bonds. The van der Waals surface area contributed by atoms with Crippen molar-refractivity contribution in [2.45, 2.75) is 38.5 Å². The van der Waals surface area contributed by atoms with Crippen molar-refractivity contribution >= 4 is 0 Å². The Morgan fingerprint density at radius 1 is 0.545 bits per heavy atom. The van der Waals surface area contributed by atoms with E-state index in [9.17, 15) is 0 Å². The molecule has 110 valence electrons. The van der Waals surface area contributed by atoms with Gasteiger partial charge in [-0.2, -0.15) is 10.5 Å². The van der Waals surface area contributed by atoms with E-state index in [4.69, 9.17) is 10.5 Å². The third-order valence-corrected chi connectivity index (χ3v) is 3.85. The van der Waals surface area contributed by atoms with E-state index in [0.29, 0.717) is 0 Å². The van der Waals surface area contributed by atoms with Crippen molar-refractivity contribution in [2.75, 3.05) is 0 Å². The van der Waals surface area contributed by atoms with Crippen molar-refractivity contribution in [3.8, 4) is 12.1 Å². The fraction of sp³-hybridized carbons (Fsp3) is 0.300. The van der Waals surface area contributed by atoms with Crippen LogP contribution in [0.2, 0.25) is 0 Å². The van der Waals surface area contributed by atoms with Gasteiger partial charge in [0.25, 0.3) is 0 Å². The molecule has 2 nitrogen and oxygen atoms in total. The Kier molecular flexibility index (Phi) is 6.21. The van der Waals surface area contributed by atoms with Crippen molar-refractivity contribution in [1.82, 2.24) is 0 Å². The smallest absolute Gasteiger partial charge is 0.0991 e. The molecule has 0 aliphatic carbocycles. The van der Waals surface area contributed by atoms with E-state index in [1.807, 2.05) is 24.3 Å². The van der Waals surface area contributed by atoms with Crippen LogP contribution in [0.25, 0.3) is 0 Å². The van der Waals surface area contributed by atoms with Gasteiger partial charge in [-0.25, -0.2) is 0 Å². The van der Waals surface area contributed by atoms with E-state index >= 15 is 0 Å². The number of aryl methyl sites for hydroxylation is 2. The molecule has 0 atom stereocenters. The molecule has 0 unspecified atom stereocenters. The first-order chi connectivity index (χ1) is 10.8. The Morgan fingerprint density at radius 2 is 0.909 bits per heavy atom. The van der Waals surface area contributed by atoms with E-state index in [0.717, 1.165) is 24.0 Å². The van der Waals surface area contributed by atoms with Gasteiger partial charge in [0.05, 0.1) is 23.3 Å². The number of hydrogen-bond donors (Lipinski definition) is 0. The number of nitrogens with zero attached hydrogens (tertiary/aromatic N) is 2. The molecule has 0 aromatic heterocycles. The minimum absolute atomic E-state index is 0.728. The molecule has 0 radical (unpaired) electrons. The van der Waals surface area contributed by atoms with Crippen LogP contribution in [0.3, 0.4) is 0 Å². The summed E-state index contributed by atoms with van der Waals surface area (Å²) in [5.41, 5.74) is 4.08. The van der Waals surface area contributed by atoms with Crippen molar-refractivity contribution in [2.24, 2.45) is 0 Å². The Labute approximate surface area is 132 Å². The van der Waals surface area contributed by atoms with Crippen LogP contribution in [0.5, 0.6) is 0 Å². The van der Waals surface area contributed by atoms with Crippen LogP contribution in [-0.2, 0) is 12.8 Å². The second-order valence-corrected chi connectivity index (χ2v) is 5.53. The highest BCUT2D eigenvalue weighted by Gasteiger charge is 1.97. The second-order valence-electron chi connectivity index (χ2n) is 5.53. The van der Waals surface area contributed by atoms with E-state index in [1.165, 1.54) is 36.8 Å². The summed E-state index contributed by atoms with van der Waals surface area (Å²) >= 11 is 0. The highest BCUT2D eigenvalue weighted by atomic mass is 14.2. The molecule has 0 fully saturated rings. The number of rotatable bonds is 7. The van der Waals surface area contributed by atoms with Crippen LogP contribution in [0, 0.1) is 22.7 Å². The number of hydrogen-bond acceptors (Lipinski definition) is 2. The molecule has 0 heterocycles. The first-order valence-corrected chi connectivity index (χ1v) is 7.80. The molecule has 0 saturated carbocycles. The summed E-state index contributed by atoms with van der Waals surface area (Å²) in [5.74, 6) is 0. The van der Waals surface area contributed by atoms with Gasteiger partial charge >= 0.3 is 0 Å². The maximum Gasteiger partial charge on any atom is 0.0991 e. The SMILES string of the molecule is N#Cc1ccc(CCCCCCc2ccc(C#N)cc2)cc1. The van der Waals surface area contributed by atoms with Crippen LogP contribution >= 0.6 is 0 Å². The van der Waals surface area contributed by atoms with Gasteiger partial charge in [0.1, 0.15) is 0 Å². The van der Waals surface area contributed by atoms with Gasteiger partial charge in [-0.05, 0) is 61.1 Å². The molecule has 0 saturated heterocycles. The van der Waals surface area contributed by atoms with E-state index in [2.05, 4.69) is 36.4 Å². The molecule has 2 rings (SSSR count). The molecule has 0 aliphatic heterocycles. The van der Waals surface area contributed by atoms with Crippen molar-refractivity contribution in [3.63, 3.8) is 0 Å². The predicted molar refractivity (Wildman–Crippen MR) is 88.2 cm³/mol. The van der Waals surface area contributed by atoms with Gasteiger partial charge in [-0.15, -0.1) is 0 Å². The number of unbranched alkanes of at least 4 members (excludes halogenated alkanes) is 3. The Bertz CT molecular complexity index is 593. The lowest BCUT2D eigenvalue weighted by Gasteiger charge is -2.03. The average Bonchev–Trinajstić information content (AvgIpc) is 2.59. The molecule has 0 spiro atoms. The van der Waals surface area contributed by atoms with Crippen molar-refractivity contribution in [1.29, 1.82) is 10.5 Å². The normalized spacial score (nSPS) is 9.91. The molecule has 2 heteroatoms. The Balaban J connectivity index is 1.60. The molecule has 2 aromatic rings. The summed E-state index contributed by atoms with van der Waals surface area (Å²) in [5, 5.41) is 17.5. The summed E-state index contributed by atoms with van der Waals surface area (Å²) in [4.78, 5) is 0. The molecular weight excluding hydrogens is 268 g/mol. The minimum atomic E-state index is 0.728. The van der Waals surface area contributed by atoms with Crippen LogP contribution < -0.4 is 0 Å². The molecule has 22 heavy (non-hydrogen) atoms. The highest BCUT2D eigenvalue weighted by molar-refractivity contribution is 5.32. The van der Waals surface area contributed by atoms with Crippen LogP contribution in [-0.4, -0.2) is 0 Å². The summed E-state index contributed by atoms with van der Waals surface area (Å²) < 4.78 is 0. The zero-order chi connectivity index (χ0) is 15.6. The molecule has 2 aromatic carbocycles. The standard InChI is InChI=1S/C20H20N2/c21-15-19-11-7-17(8-12-19)5-3-1-2-4-6-18-9-13-20(16-22)14-10-18/h7-14H,1-6H2. The second kappa shape index (κ2) is 8.65. The van der Waals surface area contributed by atoms with E-state index in [1.54, 1.807) is 0 Å². The van der Waals surface area contributed by atoms with Gasteiger partial charge in [0, 0.05) is 0 Å². The molecule has 0 N–H and O–H groups in total. The van der Waals surface area contributed by atoms with E-state index in [-0.39, 0.29) is 0 Å². The van der Waals surface area contributed by atoms with Gasteiger partial charge in [-0.3, -0.25) is 0 Å². The zero-order valence-corrected chi connectivity index (χ0v) is 12.8. The lowest BCUT2D eigenvalue weighted by Crippen LogP contribution is -1.89. The Hall–Kier alpha value is -2.58. The lowest BCUT2D eigenvalue weighted by molar-refractivity contribution is 0.640. The average molecular weight is 288 g/mol. The maximum absolute atomic E-state index is 8.76. The fourth-order valence-electron chi connectivity index (χ4n) is 2.50. The van der Waals surface area contributed by atoms with Crippen LogP contribution in [0.1, 0.15) is 47.9 Å². The van der Waals surface area contributed by atoms with Crippen molar-refractivity contribution < 1.29 is 0 Å². The van der Waals surface area contributed by atoms with Gasteiger partial charge in [-0.1, -0.05) is 37.1 Å².